The fourth-order valence-corrected chi connectivity index (χ4v) is 2.47. The van der Waals surface area contributed by atoms with E-state index in [0.29, 0.717) is 12.1 Å². The number of carbonyl (C=O) groups is 1. The second kappa shape index (κ2) is 7.49. The topological polar surface area (TPSA) is 80.0 Å². The molecule has 3 rings (SSSR count). The van der Waals surface area contributed by atoms with Crippen molar-refractivity contribution in [2.24, 2.45) is 5.41 Å². The lowest BCUT2D eigenvalue weighted by Gasteiger charge is -2.21. The lowest BCUT2D eigenvalue weighted by Crippen LogP contribution is -2.36. The molecule has 0 spiro atoms. The molecule has 0 saturated carbocycles. The number of aliphatic hydroxyl groups is 1. The maximum absolute atomic E-state index is 12.3. The first-order valence-corrected chi connectivity index (χ1v) is 8.43. The molecule has 0 radical (unpaired) electrons. The predicted molar refractivity (Wildman–Crippen MR) is 100.0 cm³/mol. The van der Waals surface area contributed by atoms with Crippen molar-refractivity contribution in [3.63, 3.8) is 0 Å². The van der Waals surface area contributed by atoms with Crippen LogP contribution < -0.4 is 5.32 Å². The molecule has 1 heterocycles. The van der Waals surface area contributed by atoms with Crippen molar-refractivity contribution in [1.82, 2.24) is 20.1 Å². The second-order valence-corrected chi connectivity index (χ2v) is 7.00. The highest BCUT2D eigenvalue weighted by Crippen LogP contribution is 2.22. The van der Waals surface area contributed by atoms with Gasteiger partial charge in [0.15, 0.2) is 0 Å². The van der Waals surface area contributed by atoms with Gasteiger partial charge in [-0.2, -0.15) is 0 Å². The summed E-state index contributed by atoms with van der Waals surface area (Å²) in [5.74, 6) is -0.142. The van der Waals surface area contributed by atoms with Crippen LogP contribution in [0.2, 0.25) is 0 Å². The van der Waals surface area contributed by atoms with Gasteiger partial charge in [-0.05, 0) is 35.4 Å². The van der Waals surface area contributed by atoms with Crippen LogP contribution in [0.3, 0.4) is 0 Å². The molecular weight excluding hydrogens is 328 g/mol. The van der Waals surface area contributed by atoms with Crippen LogP contribution in [-0.4, -0.2) is 38.9 Å². The number of aromatic nitrogens is 3. The van der Waals surface area contributed by atoms with Crippen molar-refractivity contribution in [1.29, 1.82) is 0 Å². The van der Waals surface area contributed by atoms with E-state index in [1.54, 1.807) is 12.7 Å². The Kier molecular flexibility index (Phi) is 5.14. The summed E-state index contributed by atoms with van der Waals surface area (Å²) < 4.78 is 1.84. The smallest absolute Gasteiger partial charge is 0.251 e. The molecule has 0 saturated heterocycles. The molecule has 0 fully saturated rings. The van der Waals surface area contributed by atoms with Crippen LogP contribution in [0.15, 0.2) is 61.2 Å². The van der Waals surface area contributed by atoms with E-state index in [4.69, 9.17) is 0 Å². The van der Waals surface area contributed by atoms with Crippen LogP contribution in [0, 0.1) is 5.41 Å². The van der Waals surface area contributed by atoms with Gasteiger partial charge in [0.2, 0.25) is 0 Å². The van der Waals surface area contributed by atoms with Gasteiger partial charge in [0.1, 0.15) is 12.7 Å². The molecule has 6 nitrogen and oxygen atoms in total. The maximum atomic E-state index is 12.3. The van der Waals surface area contributed by atoms with Gasteiger partial charge >= 0.3 is 0 Å². The Hall–Kier alpha value is -2.99. The van der Waals surface area contributed by atoms with Gasteiger partial charge in [-0.1, -0.05) is 38.1 Å². The third-order valence-corrected chi connectivity index (χ3v) is 4.20. The van der Waals surface area contributed by atoms with Gasteiger partial charge in [0, 0.05) is 29.8 Å². The predicted octanol–water partition coefficient (Wildman–Crippen LogP) is 2.68. The molecule has 0 aliphatic heterocycles. The van der Waals surface area contributed by atoms with E-state index in [9.17, 15) is 9.90 Å². The molecule has 0 unspecified atom stereocenters. The minimum absolute atomic E-state index is 0.0228. The summed E-state index contributed by atoms with van der Waals surface area (Å²) in [4.78, 5) is 12.3. The molecule has 0 aliphatic carbocycles. The van der Waals surface area contributed by atoms with Gasteiger partial charge in [-0.15, -0.1) is 10.2 Å². The Balaban J connectivity index is 1.74. The number of aliphatic hydroxyl groups excluding tert-OH is 1. The van der Waals surface area contributed by atoms with Crippen LogP contribution in [0.1, 0.15) is 24.2 Å². The lowest BCUT2D eigenvalue weighted by molar-refractivity contribution is 0.0911. The SMILES string of the molecule is CC(C)(CO)CNC(=O)c1ccc(-c2cccc(-n3cnnc3)c2)cc1. The van der Waals surface area contributed by atoms with Crippen LogP contribution in [-0.2, 0) is 0 Å². The van der Waals surface area contributed by atoms with E-state index in [0.717, 1.165) is 16.8 Å². The summed E-state index contributed by atoms with van der Waals surface area (Å²) in [6, 6.07) is 15.5. The minimum atomic E-state index is -0.335. The van der Waals surface area contributed by atoms with Gasteiger partial charge in [-0.25, -0.2) is 0 Å². The number of amides is 1. The number of hydrogen-bond donors (Lipinski definition) is 2. The summed E-state index contributed by atoms with van der Waals surface area (Å²) in [6.45, 7) is 4.25. The first kappa shape index (κ1) is 17.8. The van der Waals surface area contributed by atoms with Gasteiger partial charge in [0.25, 0.3) is 5.91 Å². The number of nitrogens with zero attached hydrogens (tertiary/aromatic N) is 3. The molecular formula is C20H22N4O2. The Labute approximate surface area is 152 Å². The van der Waals surface area contributed by atoms with Crippen molar-refractivity contribution in [3.8, 4) is 16.8 Å². The largest absolute Gasteiger partial charge is 0.396 e. The standard InChI is InChI=1S/C20H22N4O2/c1-20(2,12-25)11-21-19(26)16-8-6-15(7-9-16)17-4-3-5-18(10-17)24-13-22-23-14-24/h3-10,13-14,25H,11-12H2,1-2H3,(H,21,26). The molecule has 0 bridgehead atoms. The second-order valence-electron chi connectivity index (χ2n) is 7.00. The molecule has 1 aromatic heterocycles. The van der Waals surface area contributed by atoms with Crippen LogP contribution in [0.25, 0.3) is 16.8 Å². The van der Waals surface area contributed by atoms with Crippen LogP contribution >= 0.6 is 0 Å². The summed E-state index contributed by atoms with van der Waals surface area (Å²) in [7, 11) is 0. The third-order valence-electron chi connectivity index (χ3n) is 4.20. The van der Waals surface area contributed by atoms with E-state index in [1.165, 1.54) is 0 Å². The van der Waals surface area contributed by atoms with Gasteiger partial charge in [-0.3, -0.25) is 9.36 Å². The molecule has 26 heavy (non-hydrogen) atoms. The Bertz CT molecular complexity index is 871. The summed E-state index contributed by atoms with van der Waals surface area (Å²) in [5.41, 5.74) is 3.30. The van der Waals surface area contributed by atoms with E-state index in [2.05, 4.69) is 15.5 Å². The molecule has 1 amide bonds. The molecule has 2 aromatic carbocycles. The Morgan fingerprint density at radius 2 is 1.77 bits per heavy atom. The van der Waals surface area contributed by atoms with Gasteiger partial charge in [0.05, 0.1) is 0 Å². The first-order chi connectivity index (χ1) is 12.5. The van der Waals surface area contributed by atoms with E-state index < -0.39 is 0 Å². The van der Waals surface area contributed by atoms with E-state index in [-0.39, 0.29) is 17.9 Å². The fraction of sp³-hybridized carbons (Fsp3) is 0.250. The fourth-order valence-electron chi connectivity index (χ4n) is 2.47. The zero-order chi connectivity index (χ0) is 18.6. The van der Waals surface area contributed by atoms with E-state index in [1.807, 2.05) is 66.9 Å². The van der Waals surface area contributed by atoms with Crippen LogP contribution in [0.5, 0.6) is 0 Å². The molecule has 0 atom stereocenters. The number of nitrogens with one attached hydrogen (secondary N) is 1. The summed E-state index contributed by atoms with van der Waals surface area (Å²) in [6.07, 6.45) is 3.31. The van der Waals surface area contributed by atoms with E-state index >= 15 is 0 Å². The summed E-state index contributed by atoms with van der Waals surface area (Å²) >= 11 is 0. The first-order valence-electron chi connectivity index (χ1n) is 8.43. The molecule has 6 heteroatoms. The zero-order valence-corrected chi connectivity index (χ0v) is 14.9. The molecule has 3 aromatic rings. The van der Waals surface area contributed by atoms with Crippen molar-refractivity contribution in [2.45, 2.75) is 13.8 Å². The quantitative estimate of drug-likeness (QED) is 0.716. The highest BCUT2D eigenvalue weighted by Gasteiger charge is 2.18. The molecule has 2 N–H and O–H groups in total. The average molecular weight is 350 g/mol. The summed E-state index contributed by atoms with van der Waals surface area (Å²) in [5, 5.41) is 19.8. The minimum Gasteiger partial charge on any atom is -0.396 e. The number of benzene rings is 2. The molecule has 134 valence electrons. The number of hydrogen-bond acceptors (Lipinski definition) is 4. The van der Waals surface area contributed by atoms with Crippen LogP contribution in [0.4, 0.5) is 0 Å². The van der Waals surface area contributed by atoms with Crippen molar-refractivity contribution in [2.75, 3.05) is 13.2 Å². The normalized spacial score (nSPS) is 11.3. The number of carbonyl (C=O) groups excluding carboxylic acids is 1. The van der Waals surface area contributed by atoms with Crippen molar-refractivity contribution >= 4 is 5.91 Å². The Morgan fingerprint density at radius 3 is 2.42 bits per heavy atom. The monoisotopic (exact) mass is 350 g/mol. The maximum Gasteiger partial charge on any atom is 0.251 e. The van der Waals surface area contributed by atoms with Crippen molar-refractivity contribution in [3.05, 3.63) is 66.7 Å². The highest BCUT2D eigenvalue weighted by atomic mass is 16.3. The third kappa shape index (κ3) is 4.15. The lowest BCUT2D eigenvalue weighted by atomic mass is 9.95. The molecule has 0 aliphatic rings. The average Bonchev–Trinajstić information content (AvgIpc) is 3.21. The number of rotatable bonds is 6. The van der Waals surface area contributed by atoms with Crippen molar-refractivity contribution < 1.29 is 9.90 Å². The highest BCUT2D eigenvalue weighted by molar-refractivity contribution is 5.94. The zero-order valence-electron chi connectivity index (χ0n) is 14.9. The van der Waals surface area contributed by atoms with Gasteiger partial charge < -0.3 is 10.4 Å². The Morgan fingerprint density at radius 1 is 1.08 bits per heavy atom.